The fraction of sp³-hybridized carbons (Fsp3) is 0.167. The number of carbonyl (C=O) groups excluding carboxylic acids is 1. The van der Waals surface area contributed by atoms with Crippen molar-refractivity contribution in [3.8, 4) is 0 Å². The quantitative estimate of drug-likeness (QED) is 0.801. The van der Waals surface area contributed by atoms with Crippen molar-refractivity contribution in [2.45, 2.75) is 18.9 Å². The van der Waals surface area contributed by atoms with Crippen LogP contribution in [0, 0.1) is 5.82 Å². The van der Waals surface area contributed by atoms with E-state index < -0.39 is 35.5 Å². The maximum absolute atomic E-state index is 14.5. The molecule has 28 heavy (non-hydrogen) atoms. The van der Waals surface area contributed by atoms with Gasteiger partial charge in [0.1, 0.15) is 17.1 Å². The molecule has 0 saturated heterocycles. The normalized spacial score (nSPS) is 18.9. The molecule has 1 amide bonds. The maximum Gasteiger partial charge on any atom is 0.295 e. The molecule has 1 aliphatic heterocycles. The molecule has 0 aliphatic carbocycles. The molecule has 0 saturated carbocycles. The number of aliphatic imine (C=N–C) groups is 1. The number of carbonyl (C=O) groups is 1. The van der Waals surface area contributed by atoms with Gasteiger partial charge in [0.15, 0.2) is 5.76 Å². The maximum atomic E-state index is 14.5. The smallest absolute Gasteiger partial charge is 0.295 e. The van der Waals surface area contributed by atoms with Gasteiger partial charge >= 0.3 is 0 Å². The Morgan fingerprint density at radius 2 is 2.07 bits per heavy atom. The Kier molecular flexibility index (Phi) is 5.28. The van der Waals surface area contributed by atoms with Gasteiger partial charge in [-0.3, -0.25) is 4.79 Å². The van der Waals surface area contributed by atoms with Crippen LogP contribution in [0.4, 0.5) is 18.9 Å². The number of hydrogen-bond donors (Lipinski definition) is 2. The number of rotatable bonds is 4. The number of aromatic nitrogens is 1. The van der Waals surface area contributed by atoms with Gasteiger partial charge in [-0.15, -0.1) is 0 Å². The standard InChI is InChI=1S/C18H14ClF3N4O2/c1-18(7-14(15(21)22)28-17(23)26-18)11-6-10(3-4-12(11)20)25-16(27)13-5-2-9(19)8-24-13/h2-8,15H,1H3,(H2,23,26)(H,25,27)/t18-/m0/s1. The topological polar surface area (TPSA) is 89.6 Å². The minimum Gasteiger partial charge on any atom is -0.425 e. The molecule has 2 heterocycles. The zero-order valence-corrected chi connectivity index (χ0v) is 15.2. The highest BCUT2D eigenvalue weighted by molar-refractivity contribution is 6.30. The Hall–Kier alpha value is -3.07. The van der Waals surface area contributed by atoms with Crippen LogP contribution in [0.5, 0.6) is 0 Å². The molecule has 0 radical (unpaired) electrons. The molecule has 0 unspecified atom stereocenters. The lowest BCUT2D eigenvalue weighted by atomic mass is 9.90. The van der Waals surface area contributed by atoms with Crippen LogP contribution in [0.1, 0.15) is 23.0 Å². The molecule has 1 aliphatic rings. The van der Waals surface area contributed by atoms with Crippen molar-refractivity contribution in [2.75, 3.05) is 5.32 Å². The van der Waals surface area contributed by atoms with Crippen LogP contribution >= 0.6 is 11.6 Å². The van der Waals surface area contributed by atoms with E-state index in [9.17, 15) is 18.0 Å². The lowest BCUT2D eigenvalue weighted by Gasteiger charge is -2.28. The number of nitrogens with zero attached hydrogens (tertiary/aromatic N) is 2. The molecule has 1 aromatic carbocycles. The molecule has 0 bridgehead atoms. The summed E-state index contributed by atoms with van der Waals surface area (Å²) in [4.78, 5) is 20.1. The number of ether oxygens (including phenoxy) is 1. The number of anilines is 1. The summed E-state index contributed by atoms with van der Waals surface area (Å²) in [5.74, 6) is -2.00. The molecule has 146 valence electrons. The van der Waals surface area contributed by atoms with Gasteiger partial charge in [0.25, 0.3) is 18.4 Å². The van der Waals surface area contributed by atoms with Crippen LogP contribution in [-0.2, 0) is 10.3 Å². The van der Waals surface area contributed by atoms with Gasteiger partial charge in [0, 0.05) is 17.4 Å². The monoisotopic (exact) mass is 410 g/mol. The Bertz CT molecular complexity index is 979. The van der Waals surface area contributed by atoms with E-state index in [1.54, 1.807) is 0 Å². The van der Waals surface area contributed by atoms with E-state index in [1.165, 1.54) is 37.4 Å². The minimum atomic E-state index is -2.95. The summed E-state index contributed by atoms with van der Waals surface area (Å²) < 4.78 is 45.2. The average Bonchev–Trinajstić information content (AvgIpc) is 2.63. The summed E-state index contributed by atoms with van der Waals surface area (Å²) in [6.07, 6.45) is -0.655. The van der Waals surface area contributed by atoms with E-state index in [0.29, 0.717) is 5.02 Å². The number of allylic oxidation sites excluding steroid dienone is 1. The van der Waals surface area contributed by atoms with Gasteiger partial charge in [0.05, 0.1) is 5.02 Å². The summed E-state index contributed by atoms with van der Waals surface area (Å²) in [5.41, 5.74) is 4.17. The summed E-state index contributed by atoms with van der Waals surface area (Å²) in [5, 5.41) is 2.92. The number of nitrogens with two attached hydrogens (primary N) is 1. The van der Waals surface area contributed by atoms with E-state index in [1.807, 2.05) is 0 Å². The summed E-state index contributed by atoms with van der Waals surface area (Å²) in [7, 11) is 0. The van der Waals surface area contributed by atoms with E-state index in [4.69, 9.17) is 22.1 Å². The Labute approximate surface area is 162 Å². The second kappa shape index (κ2) is 7.51. The number of hydrogen-bond acceptors (Lipinski definition) is 5. The first kappa shape index (κ1) is 19.7. The number of nitrogens with one attached hydrogen (secondary N) is 1. The Morgan fingerprint density at radius 1 is 1.32 bits per heavy atom. The fourth-order valence-corrected chi connectivity index (χ4v) is 2.76. The fourth-order valence-electron chi connectivity index (χ4n) is 2.65. The second-order valence-corrected chi connectivity index (χ2v) is 6.49. The molecule has 10 heteroatoms. The van der Waals surface area contributed by atoms with Gasteiger partial charge in [-0.25, -0.2) is 23.1 Å². The molecular formula is C18H14ClF3N4O2. The third kappa shape index (κ3) is 4.09. The highest BCUT2D eigenvalue weighted by Crippen LogP contribution is 2.36. The Morgan fingerprint density at radius 3 is 2.71 bits per heavy atom. The van der Waals surface area contributed by atoms with Crippen LogP contribution in [-0.4, -0.2) is 23.3 Å². The largest absolute Gasteiger partial charge is 0.425 e. The zero-order chi connectivity index (χ0) is 20.5. The van der Waals surface area contributed by atoms with Crippen molar-refractivity contribution in [2.24, 2.45) is 10.7 Å². The molecule has 1 atom stereocenters. The van der Waals surface area contributed by atoms with Gasteiger partial charge < -0.3 is 15.8 Å². The molecule has 2 aromatic rings. The highest BCUT2D eigenvalue weighted by atomic mass is 35.5. The van der Waals surface area contributed by atoms with Crippen molar-refractivity contribution >= 4 is 29.2 Å². The van der Waals surface area contributed by atoms with Crippen LogP contribution < -0.4 is 11.1 Å². The second-order valence-electron chi connectivity index (χ2n) is 6.06. The molecule has 3 N–H and O–H groups in total. The number of amidine groups is 1. The highest BCUT2D eigenvalue weighted by Gasteiger charge is 2.34. The first-order chi connectivity index (χ1) is 13.2. The first-order valence-electron chi connectivity index (χ1n) is 7.95. The van der Waals surface area contributed by atoms with Crippen LogP contribution in [0.25, 0.3) is 0 Å². The summed E-state index contributed by atoms with van der Waals surface area (Å²) in [6.45, 7) is 1.40. The Balaban J connectivity index is 1.94. The van der Waals surface area contributed by atoms with Gasteiger partial charge in [0.2, 0.25) is 0 Å². The number of pyridine rings is 1. The lowest BCUT2D eigenvalue weighted by Crippen LogP contribution is -2.32. The van der Waals surface area contributed by atoms with Gasteiger partial charge in [-0.2, -0.15) is 0 Å². The van der Waals surface area contributed by atoms with Crippen LogP contribution in [0.15, 0.2) is 53.4 Å². The molecule has 3 rings (SSSR count). The molecule has 6 nitrogen and oxygen atoms in total. The first-order valence-corrected chi connectivity index (χ1v) is 8.33. The predicted octanol–water partition coefficient (Wildman–Crippen LogP) is 3.84. The van der Waals surface area contributed by atoms with E-state index in [0.717, 1.165) is 12.1 Å². The predicted molar refractivity (Wildman–Crippen MR) is 97.7 cm³/mol. The number of amides is 1. The molecule has 0 spiro atoms. The van der Waals surface area contributed by atoms with Crippen molar-refractivity contribution in [3.63, 3.8) is 0 Å². The van der Waals surface area contributed by atoms with Crippen LogP contribution in [0.3, 0.4) is 0 Å². The van der Waals surface area contributed by atoms with E-state index in [-0.39, 0.29) is 16.9 Å². The van der Waals surface area contributed by atoms with Crippen molar-refractivity contribution in [1.82, 2.24) is 4.98 Å². The summed E-state index contributed by atoms with van der Waals surface area (Å²) >= 11 is 5.73. The third-order valence-corrected chi connectivity index (χ3v) is 4.16. The van der Waals surface area contributed by atoms with Crippen molar-refractivity contribution in [1.29, 1.82) is 0 Å². The van der Waals surface area contributed by atoms with E-state index >= 15 is 0 Å². The van der Waals surface area contributed by atoms with Crippen molar-refractivity contribution < 1.29 is 22.7 Å². The number of benzene rings is 1. The third-order valence-electron chi connectivity index (χ3n) is 3.93. The average molecular weight is 411 g/mol. The van der Waals surface area contributed by atoms with Crippen LogP contribution in [0.2, 0.25) is 5.02 Å². The zero-order valence-electron chi connectivity index (χ0n) is 14.4. The summed E-state index contributed by atoms with van der Waals surface area (Å²) in [6, 6.07) is 6.09. The SMILES string of the molecule is C[C@@]1(c2cc(NC(=O)c3ccc(Cl)cn3)ccc2F)C=C(C(F)F)OC(N)=N1. The molecule has 1 aromatic heterocycles. The van der Waals surface area contributed by atoms with E-state index in [2.05, 4.69) is 15.3 Å². The number of alkyl halides is 2. The van der Waals surface area contributed by atoms with Gasteiger partial charge in [-0.05, 0) is 43.3 Å². The minimum absolute atomic E-state index is 0.0706. The van der Waals surface area contributed by atoms with Gasteiger partial charge in [-0.1, -0.05) is 11.6 Å². The number of halogens is 4. The van der Waals surface area contributed by atoms with Crippen molar-refractivity contribution in [3.05, 3.63) is 70.5 Å². The molecule has 0 fully saturated rings. The lowest BCUT2D eigenvalue weighted by molar-refractivity contribution is 0.102. The molecular weight excluding hydrogens is 397 g/mol.